The van der Waals surface area contributed by atoms with Gasteiger partial charge in [-0.3, -0.25) is 4.79 Å². The molecule has 130 valence electrons. The van der Waals surface area contributed by atoms with Gasteiger partial charge in [-0.05, 0) is 37.3 Å². The summed E-state index contributed by atoms with van der Waals surface area (Å²) in [4.78, 5) is 25.2. The SMILES string of the molecule is C=CCSc1ccccc1C(=O)Nc1ccc(C(=O)OCC)c(Cl)c1. The van der Waals surface area contributed by atoms with E-state index in [2.05, 4.69) is 11.9 Å². The second-order valence-corrected chi connectivity index (χ2v) is 6.43. The van der Waals surface area contributed by atoms with Gasteiger partial charge in [0, 0.05) is 16.3 Å². The van der Waals surface area contributed by atoms with Crippen LogP contribution in [0.15, 0.2) is 60.0 Å². The van der Waals surface area contributed by atoms with E-state index in [1.807, 2.05) is 18.2 Å². The maximum atomic E-state index is 12.5. The minimum absolute atomic E-state index is 0.227. The quantitative estimate of drug-likeness (QED) is 0.418. The average Bonchev–Trinajstić information content (AvgIpc) is 2.60. The van der Waals surface area contributed by atoms with E-state index in [9.17, 15) is 9.59 Å². The summed E-state index contributed by atoms with van der Waals surface area (Å²) in [5.74, 6) is -0.0201. The van der Waals surface area contributed by atoms with Crippen molar-refractivity contribution in [3.8, 4) is 0 Å². The molecule has 0 aliphatic rings. The molecule has 2 aromatic carbocycles. The third kappa shape index (κ3) is 5.11. The topological polar surface area (TPSA) is 55.4 Å². The minimum Gasteiger partial charge on any atom is -0.462 e. The molecule has 1 amide bonds. The molecule has 2 rings (SSSR count). The Bertz CT molecular complexity index is 792. The van der Waals surface area contributed by atoms with Gasteiger partial charge in [0.25, 0.3) is 5.91 Å². The van der Waals surface area contributed by atoms with Gasteiger partial charge in [-0.2, -0.15) is 0 Å². The van der Waals surface area contributed by atoms with Crippen molar-refractivity contribution in [3.05, 3.63) is 71.3 Å². The molecule has 0 aliphatic heterocycles. The predicted octanol–water partition coefficient (Wildman–Crippen LogP) is 5.05. The van der Waals surface area contributed by atoms with Gasteiger partial charge in [-0.15, -0.1) is 18.3 Å². The number of hydrogen-bond acceptors (Lipinski definition) is 4. The van der Waals surface area contributed by atoms with Crippen LogP contribution < -0.4 is 5.32 Å². The average molecular weight is 376 g/mol. The molecule has 2 aromatic rings. The first-order chi connectivity index (χ1) is 12.1. The summed E-state index contributed by atoms with van der Waals surface area (Å²) in [7, 11) is 0. The summed E-state index contributed by atoms with van der Waals surface area (Å²) in [5.41, 5.74) is 1.34. The van der Waals surface area contributed by atoms with Crippen LogP contribution in [-0.4, -0.2) is 24.2 Å². The molecule has 0 aromatic heterocycles. The van der Waals surface area contributed by atoms with E-state index in [1.54, 1.807) is 25.1 Å². The third-order valence-corrected chi connectivity index (χ3v) is 4.59. The van der Waals surface area contributed by atoms with Gasteiger partial charge in [0.1, 0.15) is 0 Å². The molecule has 0 aliphatic carbocycles. The summed E-state index contributed by atoms with van der Waals surface area (Å²) < 4.78 is 4.93. The molecule has 0 unspecified atom stereocenters. The molecular weight excluding hydrogens is 358 g/mol. The Morgan fingerprint density at radius 1 is 1.24 bits per heavy atom. The van der Waals surface area contributed by atoms with Crippen molar-refractivity contribution in [1.82, 2.24) is 0 Å². The van der Waals surface area contributed by atoms with E-state index in [-0.39, 0.29) is 23.1 Å². The summed E-state index contributed by atoms with van der Waals surface area (Å²) in [6.07, 6.45) is 1.78. The Morgan fingerprint density at radius 3 is 2.68 bits per heavy atom. The summed E-state index contributed by atoms with van der Waals surface area (Å²) in [6, 6.07) is 12.0. The standard InChI is InChI=1S/C19H18ClNO3S/c1-3-11-25-17-8-6-5-7-15(17)18(22)21-13-9-10-14(16(20)12-13)19(23)24-4-2/h3,5-10,12H,1,4,11H2,2H3,(H,21,22). The molecule has 0 bridgehead atoms. The lowest BCUT2D eigenvalue weighted by molar-refractivity contribution is 0.0526. The Morgan fingerprint density at radius 2 is 2.00 bits per heavy atom. The van der Waals surface area contributed by atoms with Crippen molar-refractivity contribution in [2.75, 3.05) is 17.7 Å². The number of anilines is 1. The molecule has 0 heterocycles. The minimum atomic E-state index is -0.489. The maximum absolute atomic E-state index is 12.5. The van der Waals surface area contributed by atoms with Gasteiger partial charge in [0.2, 0.25) is 0 Å². The zero-order chi connectivity index (χ0) is 18.2. The zero-order valence-electron chi connectivity index (χ0n) is 13.8. The molecule has 6 heteroatoms. The zero-order valence-corrected chi connectivity index (χ0v) is 15.3. The van der Waals surface area contributed by atoms with Gasteiger partial charge < -0.3 is 10.1 Å². The first-order valence-corrected chi connectivity index (χ1v) is 9.04. The Balaban J connectivity index is 2.17. The highest BCUT2D eigenvalue weighted by atomic mass is 35.5. The van der Waals surface area contributed by atoms with Gasteiger partial charge in [0.15, 0.2) is 0 Å². The monoisotopic (exact) mass is 375 g/mol. The number of rotatable bonds is 7. The summed E-state index contributed by atoms with van der Waals surface area (Å²) in [5, 5.41) is 3.03. The highest BCUT2D eigenvalue weighted by Crippen LogP contribution is 2.25. The number of benzene rings is 2. The molecule has 0 spiro atoms. The van der Waals surface area contributed by atoms with Gasteiger partial charge in [0.05, 0.1) is 22.8 Å². The fraction of sp³-hybridized carbons (Fsp3) is 0.158. The van der Waals surface area contributed by atoms with Crippen molar-refractivity contribution in [2.45, 2.75) is 11.8 Å². The first-order valence-electron chi connectivity index (χ1n) is 7.67. The number of carbonyl (C=O) groups is 2. The first kappa shape index (κ1) is 19.1. The van der Waals surface area contributed by atoms with Crippen molar-refractivity contribution in [3.63, 3.8) is 0 Å². The van der Waals surface area contributed by atoms with Crippen molar-refractivity contribution < 1.29 is 14.3 Å². The van der Waals surface area contributed by atoms with Crippen molar-refractivity contribution in [2.24, 2.45) is 0 Å². The Hall–Kier alpha value is -2.24. The van der Waals surface area contributed by atoms with Crippen LogP contribution in [0.5, 0.6) is 0 Å². The van der Waals surface area contributed by atoms with Gasteiger partial charge >= 0.3 is 5.97 Å². The molecule has 0 fully saturated rings. The number of hydrogen-bond donors (Lipinski definition) is 1. The number of halogens is 1. The second-order valence-electron chi connectivity index (χ2n) is 4.97. The van der Waals surface area contributed by atoms with E-state index in [0.717, 1.165) is 4.90 Å². The van der Waals surface area contributed by atoms with Crippen LogP contribution in [0.3, 0.4) is 0 Å². The number of ether oxygens (including phenoxy) is 1. The van der Waals surface area contributed by atoms with E-state index in [0.29, 0.717) is 17.0 Å². The Labute approximate surface area is 156 Å². The number of amides is 1. The highest BCUT2D eigenvalue weighted by molar-refractivity contribution is 7.99. The summed E-state index contributed by atoms with van der Waals surface area (Å²) in [6.45, 7) is 5.68. The lowest BCUT2D eigenvalue weighted by atomic mass is 10.1. The third-order valence-electron chi connectivity index (χ3n) is 3.21. The predicted molar refractivity (Wildman–Crippen MR) is 103 cm³/mol. The number of thioether (sulfide) groups is 1. The molecule has 0 radical (unpaired) electrons. The normalized spacial score (nSPS) is 10.2. The number of carbonyl (C=O) groups excluding carboxylic acids is 2. The Kier molecular flexibility index (Phi) is 7.10. The van der Waals surface area contributed by atoms with Gasteiger partial charge in [-0.25, -0.2) is 4.79 Å². The maximum Gasteiger partial charge on any atom is 0.339 e. The summed E-state index contributed by atoms with van der Waals surface area (Å²) >= 11 is 7.66. The molecule has 25 heavy (non-hydrogen) atoms. The van der Waals surface area contributed by atoms with Crippen molar-refractivity contribution in [1.29, 1.82) is 0 Å². The molecule has 4 nitrogen and oxygen atoms in total. The number of esters is 1. The lowest BCUT2D eigenvalue weighted by Crippen LogP contribution is -2.13. The molecule has 1 N–H and O–H groups in total. The van der Waals surface area contributed by atoms with Crippen LogP contribution in [0.25, 0.3) is 0 Å². The van der Waals surface area contributed by atoms with E-state index >= 15 is 0 Å². The van der Waals surface area contributed by atoms with Crippen LogP contribution in [0.1, 0.15) is 27.6 Å². The van der Waals surface area contributed by atoms with E-state index in [1.165, 1.54) is 23.9 Å². The van der Waals surface area contributed by atoms with Gasteiger partial charge in [-0.1, -0.05) is 29.8 Å². The molecule has 0 atom stereocenters. The number of nitrogens with one attached hydrogen (secondary N) is 1. The van der Waals surface area contributed by atoms with Crippen LogP contribution in [0.4, 0.5) is 5.69 Å². The second kappa shape index (κ2) is 9.30. The highest BCUT2D eigenvalue weighted by Gasteiger charge is 2.15. The van der Waals surface area contributed by atoms with E-state index in [4.69, 9.17) is 16.3 Å². The van der Waals surface area contributed by atoms with Crippen LogP contribution in [0, 0.1) is 0 Å². The van der Waals surface area contributed by atoms with Crippen LogP contribution in [-0.2, 0) is 4.74 Å². The molecule has 0 saturated heterocycles. The molecule has 0 saturated carbocycles. The van der Waals surface area contributed by atoms with Crippen LogP contribution >= 0.6 is 23.4 Å². The van der Waals surface area contributed by atoms with Crippen LogP contribution in [0.2, 0.25) is 5.02 Å². The lowest BCUT2D eigenvalue weighted by Gasteiger charge is -2.11. The fourth-order valence-electron chi connectivity index (χ4n) is 2.09. The smallest absolute Gasteiger partial charge is 0.339 e. The molecular formula is C19H18ClNO3S. The van der Waals surface area contributed by atoms with E-state index < -0.39 is 5.97 Å². The fourth-order valence-corrected chi connectivity index (χ4v) is 3.14. The van der Waals surface area contributed by atoms with Crippen molar-refractivity contribution >= 4 is 40.9 Å². The largest absolute Gasteiger partial charge is 0.462 e.